The van der Waals surface area contributed by atoms with Crippen molar-refractivity contribution < 1.29 is 4.79 Å². The van der Waals surface area contributed by atoms with Gasteiger partial charge in [0.1, 0.15) is 5.82 Å². The van der Waals surface area contributed by atoms with E-state index in [4.69, 9.17) is 0 Å². The first-order valence-corrected chi connectivity index (χ1v) is 9.59. The molecule has 136 valence electrons. The molecule has 0 saturated carbocycles. The number of carbonyl (C=O) groups is 1. The average molecular weight is 350 g/mol. The summed E-state index contributed by atoms with van der Waals surface area (Å²) in [6, 6.07) is 14.2. The normalized spacial score (nSPS) is 20.1. The summed E-state index contributed by atoms with van der Waals surface area (Å²) in [7, 11) is 0. The number of fused-ring (bicyclic) bond motifs is 1. The van der Waals surface area contributed by atoms with Gasteiger partial charge in [-0.15, -0.1) is 0 Å². The van der Waals surface area contributed by atoms with Crippen LogP contribution in [-0.4, -0.2) is 48.5 Å². The number of nitrogens with one attached hydrogen (secondary N) is 1. The molecule has 1 N–H and O–H groups in total. The summed E-state index contributed by atoms with van der Waals surface area (Å²) in [6.45, 7) is 5.36. The van der Waals surface area contributed by atoms with E-state index in [1.807, 2.05) is 36.5 Å². The number of unbranched alkanes of at least 4 members (excludes halogenated alkanes) is 1. The third kappa shape index (κ3) is 3.73. The molecule has 5 heteroatoms. The van der Waals surface area contributed by atoms with E-state index in [0.29, 0.717) is 0 Å². The van der Waals surface area contributed by atoms with E-state index in [1.54, 1.807) is 0 Å². The highest BCUT2D eigenvalue weighted by molar-refractivity contribution is 6.02. The van der Waals surface area contributed by atoms with Crippen LogP contribution in [0, 0.1) is 0 Å². The van der Waals surface area contributed by atoms with Crippen LogP contribution in [0.4, 0.5) is 11.5 Å². The van der Waals surface area contributed by atoms with E-state index in [2.05, 4.69) is 32.2 Å². The number of anilines is 2. The molecule has 1 saturated heterocycles. The molecule has 4 rings (SSSR count). The van der Waals surface area contributed by atoms with Crippen LogP contribution < -0.4 is 10.2 Å². The van der Waals surface area contributed by atoms with E-state index in [0.717, 1.165) is 63.5 Å². The molecule has 0 aliphatic carbocycles. The number of amides is 1. The smallest absolute Gasteiger partial charge is 0.232 e. The van der Waals surface area contributed by atoms with Crippen molar-refractivity contribution in [1.29, 1.82) is 0 Å². The van der Waals surface area contributed by atoms with Gasteiger partial charge < -0.3 is 10.2 Å². The number of hydrogen-bond donors (Lipinski definition) is 1. The Hall–Kier alpha value is -2.40. The minimum Gasteiger partial charge on any atom is -0.354 e. The predicted octanol–water partition coefficient (Wildman–Crippen LogP) is 3.11. The van der Waals surface area contributed by atoms with Crippen LogP contribution in [0.15, 0.2) is 48.7 Å². The molecule has 1 amide bonds. The molecule has 2 aromatic rings. The van der Waals surface area contributed by atoms with E-state index < -0.39 is 0 Å². The molecular formula is C21H26N4O. The standard InChI is InChI=1S/C21H26N4O/c26-21-18(17-7-1-2-9-19(17)23-21)8-4-6-12-24-13-15-25(16-14-24)20-10-3-5-11-22-20/h1-3,5,7,9-11,18H,4,6,8,12-16H2,(H,23,26). The summed E-state index contributed by atoms with van der Waals surface area (Å²) in [5.74, 6) is 1.28. The third-order valence-corrected chi connectivity index (χ3v) is 5.47. The van der Waals surface area contributed by atoms with Crippen molar-refractivity contribution in [2.24, 2.45) is 0 Å². The summed E-state index contributed by atoms with van der Waals surface area (Å²) >= 11 is 0. The van der Waals surface area contributed by atoms with Crippen LogP contribution in [0.1, 0.15) is 30.7 Å². The van der Waals surface area contributed by atoms with E-state index >= 15 is 0 Å². The largest absolute Gasteiger partial charge is 0.354 e. The molecule has 1 unspecified atom stereocenters. The second kappa shape index (κ2) is 7.87. The van der Waals surface area contributed by atoms with Gasteiger partial charge in [0.15, 0.2) is 0 Å². The molecule has 1 fully saturated rings. The second-order valence-corrected chi connectivity index (χ2v) is 7.14. The summed E-state index contributed by atoms with van der Waals surface area (Å²) in [4.78, 5) is 21.5. The second-order valence-electron chi connectivity index (χ2n) is 7.14. The molecular weight excluding hydrogens is 324 g/mol. The van der Waals surface area contributed by atoms with Crippen LogP contribution in [0.2, 0.25) is 0 Å². The van der Waals surface area contributed by atoms with Crippen molar-refractivity contribution in [3.05, 3.63) is 54.2 Å². The molecule has 1 atom stereocenters. The first-order valence-electron chi connectivity index (χ1n) is 9.59. The SMILES string of the molecule is O=C1Nc2ccccc2C1CCCCN1CCN(c2ccccn2)CC1. The monoisotopic (exact) mass is 350 g/mol. The fourth-order valence-corrected chi connectivity index (χ4v) is 3.99. The molecule has 1 aromatic heterocycles. The summed E-state index contributed by atoms with van der Waals surface area (Å²) in [5, 5.41) is 3.00. The molecule has 0 radical (unpaired) electrons. The molecule has 2 aliphatic heterocycles. The summed E-state index contributed by atoms with van der Waals surface area (Å²) in [5.41, 5.74) is 2.16. The fourth-order valence-electron chi connectivity index (χ4n) is 3.99. The number of aromatic nitrogens is 1. The van der Waals surface area contributed by atoms with Gasteiger partial charge in [0.2, 0.25) is 5.91 Å². The van der Waals surface area contributed by atoms with Gasteiger partial charge in [-0.1, -0.05) is 30.7 Å². The molecule has 1 aromatic carbocycles. The minimum absolute atomic E-state index is 0.0344. The lowest BCUT2D eigenvalue weighted by Crippen LogP contribution is -2.46. The van der Waals surface area contributed by atoms with Gasteiger partial charge in [0.25, 0.3) is 0 Å². The van der Waals surface area contributed by atoms with Crippen molar-refractivity contribution in [2.75, 3.05) is 42.9 Å². The minimum atomic E-state index is 0.0344. The number of rotatable bonds is 6. The maximum absolute atomic E-state index is 12.2. The fraction of sp³-hybridized carbons (Fsp3) is 0.429. The zero-order chi connectivity index (χ0) is 17.8. The zero-order valence-electron chi connectivity index (χ0n) is 15.1. The molecule has 0 bridgehead atoms. The Balaban J connectivity index is 1.19. The van der Waals surface area contributed by atoms with Crippen molar-refractivity contribution in [2.45, 2.75) is 25.2 Å². The Labute approximate surface area is 155 Å². The Morgan fingerprint density at radius 1 is 1.00 bits per heavy atom. The Bertz CT molecular complexity index is 741. The van der Waals surface area contributed by atoms with Gasteiger partial charge in [-0.25, -0.2) is 4.98 Å². The van der Waals surface area contributed by atoms with Gasteiger partial charge in [-0.2, -0.15) is 0 Å². The number of para-hydroxylation sites is 1. The number of carbonyl (C=O) groups excluding carboxylic acids is 1. The maximum Gasteiger partial charge on any atom is 0.232 e. The van der Waals surface area contributed by atoms with Gasteiger partial charge in [-0.05, 0) is 43.1 Å². The topological polar surface area (TPSA) is 48.5 Å². The highest BCUT2D eigenvalue weighted by Gasteiger charge is 2.29. The van der Waals surface area contributed by atoms with Crippen molar-refractivity contribution in [1.82, 2.24) is 9.88 Å². The molecule has 3 heterocycles. The Morgan fingerprint density at radius 2 is 1.81 bits per heavy atom. The molecule has 0 spiro atoms. The molecule has 5 nitrogen and oxygen atoms in total. The van der Waals surface area contributed by atoms with Gasteiger partial charge in [0, 0.05) is 38.1 Å². The van der Waals surface area contributed by atoms with Crippen LogP contribution in [0.25, 0.3) is 0 Å². The number of nitrogens with zero attached hydrogens (tertiary/aromatic N) is 3. The number of piperazine rings is 1. The van der Waals surface area contributed by atoms with Gasteiger partial charge in [-0.3, -0.25) is 9.69 Å². The first kappa shape index (κ1) is 17.0. The first-order chi connectivity index (χ1) is 12.8. The number of benzene rings is 1. The van der Waals surface area contributed by atoms with E-state index in [1.165, 1.54) is 5.56 Å². The number of pyridine rings is 1. The van der Waals surface area contributed by atoms with E-state index in [9.17, 15) is 4.79 Å². The molecule has 2 aliphatic rings. The van der Waals surface area contributed by atoms with Gasteiger partial charge in [0.05, 0.1) is 5.92 Å². The van der Waals surface area contributed by atoms with Crippen LogP contribution >= 0.6 is 0 Å². The quantitative estimate of drug-likeness (QED) is 0.813. The number of hydrogen-bond acceptors (Lipinski definition) is 4. The van der Waals surface area contributed by atoms with Gasteiger partial charge >= 0.3 is 0 Å². The summed E-state index contributed by atoms with van der Waals surface area (Å²) in [6.07, 6.45) is 5.04. The lowest BCUT2D eigenvalue weighted by Gasteiger charge is -2.35. The van der Waals surface area contributed by atoms with Crippen molar-refractivity contribution >= 4 is 17.4 Å². The average Bonchev–Trinajstić information content (AvgIpc) is 3.01. The van der Waals surface area contributed by atoms with Crippen LogP contribution in [-0.2, 0) is 4.79 Å². The van der Waals surface area contributed by atoms with Crippen LogP contribution in [0.5, 0.6) is 0 Å². The highest BCUT2D eigenvalue weighted by atomic mass is 16.2. The van der Waals surface area contributed by atoms with Crippen molar-refractivity contribution in [3.8, 4) is 0 Å². The maximum atomic E-state index is 12.2. The predicted molar refractivity (Wildman–Crippen MR) is 105 cm³/mol. The highest BCUT2D eigenvalue weighted by Crippen LogP contribution is 2.35. The summed E-state index contributed by atoms with van der Waals surface area (Å²) < 4.78 is 0. The lowest BCUT2D eigenvalue weighted by atomic mass is 9.95. The lowest BCUT2D eigenvalue weighted by molar-refractivity contribution is -0.117. The van der Waals surface area contributed by atoms with Crippen molar-refractivity contribution in [3.63, 3.8) is 0 Å². The van der Waals surface area contributed by atoms with Crippen LogP contribution in [0.3, 0.4) is 0 Å². The Kier molecular flexibility index (Phi) is 5.16. The third-order valence-electron chi connectivity index (χ3n) is 5.47. The van der Waals surface area contributed by atoms with E-state index in [-0.39, 0.29) is 11.8 Å². The Morgan fingerprint density at radius 3 is 2.62 bits per heavy atom. The zero-order valence-corrected chi connectivity index (χ0v) is 15.1. The molecule has 26 heavy (non-hydrogen) atoms.